The standard InChI is InChI=1S/C20H26BrNO3Si/c1-8-16(26(6,7)19(3,4)5)20(18(24)25-9-2)14-12-13(21)10-11-15(14)22-17(20)23/h10-12H,1,9H2,2-7H3,(H,22,23). The largest absolute Gasteiger partial charge is 0.465 e. The first kappa shape index (κ1) is 20.7. The van der Waals surface area contributed by atoms with Crippen LogP contribution < -0.4 is 5.32 Å². The highest BCUT2D eigenvalue weighted by molar-refractivity contribution is 9.10. The summed E-state index contributed by atoms with van der Waals surface area (Å²) >= 11 is 3.46. The molecule has 0 saturated carbocycles. The molecular weight excluding hydrogens is 410 g/mol. The number of carbonyl (C=O) groups excluding carboxylic acids is 2. The van der Waals surface area contributed by atoms with Gasteiger partial charge in [0.1, 0.15) is 0 Å². The van der Waals surface area contributed by atoms with Crippen LogP contribution >= 0.6 is 15.9 Å². The molecule has 1 aromatic carbocycles. The van der Waals surface area contributed by atoms with Gasteiger partial charge in [0.15, 0.2) is 5.41 Å². The first-order valence-electron chi connectivity index (χ1n) is 8.64. The van der Waals surface area contributed by atoms with Gasteiger partial charge >= 0.3 is 5.97 Å². The number of halogens is 1. The van der Waals surface area contributed by atoms with Gasteiger partial charge in [-0.2, -0.15) is 0 Å². The van der Waals surface area contributed by atoms with Crippen LogP contribution in [0, 0.1) is 0 Å². The molecule has 1 unspecified atom stereocenters. The Morgan fingerprint density at radius 1 is 1.38 bits per heavy atom. The number of nitrogens with one attached hydrogen (secondary N) is 1. The van der Waals surface area contributed by atoms with Gasteiger partial charge in [-0.25, -0.2) is 0 Å². The molecule has 0 aromatic heterocycles. The van der Waals surface area contributed by atoms with Crippen molar-refractivity contribution >= 4 is 41.6 Å². The van der Waals surface area contributed by atoms with Crippen LogP contribution in [0.15, 0.2) is 40.2 Å². The maximum atomic E-state index is 13.3. The summed E-state index contributed by atoms with van der Waals surface area (Å²) in [7, 11) is -2.33. The maximum Gasteiger partial charge on any atom is 0.330 e. The van der Waals surface area contributed by atoms with E-state index in [4.69, 9.17) is 4.74 Å². The fourth-order valence-electron chi connectivity index (χ4n) is 3.26. The van der Waals surface area contributed by atoms with E-state index in [1.165, 1.54) is 0 Å². The third kappa shape index (κ3) is 2.90. The number of carbonyl (C=O) groups is 2. The predicted octanol–water partition coefficient (Wildman–Crippen LogP) is 4.96. The van der Waals surface area contributed by atoms with Gasteiger partial charge in [-0.1, -0.05) is 56.4 Å². The van der Waals surface area contributed by atoms with Gasteiger partial charge < -0.3 is 10.1 Å². The molecule has 1 aliphatic heterocycles. The van der Waals surface area contributed by atoms with Crippen LogP contribution in [0.2, 0.25) is 18.1 Å². The Labute approximate surface area is 164 Å². The molecule has 6 heteroatoms. The number of ether oxygens (including phenoxy) is 1. The van der Waals surface area contributed by atoms with E-state index in [0.717, 1.165) is 4.47 Å². The van der Waals surface area contributed by atoms with Crippen LogP contribution in [-0.4, -0.2) is 26.6 Å². The van der Waals surface area contributed by atoms with Gasteiger partial charge in [0.25, 0.3) is 5.91 Å². The number of hydrogen-bond acceptors (Lipinski definition) is 3. The quantitative estimate of drug-likeness (QED) is 0.314. The van der Waals surface area contributed by atoms with E-state index in [1.54, 1.807) is 13.0 Å². The van der Waals surface area contributed by atoms with Crippen LogP contribution in [-0.2, 0) is 19.7 Å². The molecule has 26 heavy (non-hydrogen) atoms. The van der Waals surface area contributed by atoms with E-state index < -0.39 is 19.5 Å². The van der Waals surface area contributed by atoms with E-state index in [0.29, 0.717) is 16.4 Å². The van der Waals surface area contributed by atoms with E-state index in [1.807, 2.05) is 12.1 Å². The van der Waals surface area contributed by atoms with Gasteiger partial charge in [0.2, 0.25) is 0 Å². The summed E-state index contributed by atoms with van der Waals surface area (Å²) in [6.45, 7) is 16.5. The molecule has 140 valence electrons. The first-order valence-corrected chi connectivity index (χ1v) is 12.4. The smallest absolute Gasteiger partial charge is 0.330 e. The van der Waals surface area contributed by atoms with Crippen molar-refractivity contribution in [3.8, 4) is 0 Å². The SMILES string of the molecule is C=C=C(C1(C(=O)OCC)C(=O)Nc2ccc(Br)cc21)[Si](C)(C)C(C)(C)C. The van der Waals surface area contributed by atoms with Crippen molar-refractivity contribution in [2.45, 2.75) is 51.2 Å². The van der Waals surface area contributed by atoms with Crippen LogP contribution in [0.1, 0.15) is 33.3 Å². The second-order valence-electron chi connectivity index (χ2n) is 8.04. The lowest BCUT2D eigenvalue weighted by Gasteiger charge is -2.43. The Hall–Kier alpha value is -1.62. The molecule has 0 fully saturated rings. The molecule has 1 atom stereocenters. The summed E-state index contributed by atoms with van der Waals surface area (Å²) in [6, 6.07) is 5.45. The van der Waals surface area contributed by atoms with Crippen molar-refractivity contribution in [2.24, 2.45) is 0 Å². The minimum absolute atomic E-state index is 0.110. The molecule has 4 nitrogen and oxygen atoms in total. The van der Waals surface area contributed by atoms with Crippen LogP contribution in [0.5, 0.6) is 0 Å². The fraction of sp³-hybridized carbons (Fsp3) is 0.450. The van der Waals surface area contributed by atoms with Gasteiger partial charge in [0.05, 0.1) is 14.7 Å². The molecule has 1 heterocycles. The fourth-order valence-corrected chi connectivity index (χ4v) is 6.10. The summed E-state index contributed by atoms with van der Waals surface area (Å²) in [4.78, 5) is 26.5. The lowest BCUT2D eigenvalue weighted by molar-refractivity contribution is -0.151. The number of benzene rings is 1. The summed E-state index contributed by atoms with van der Waals surface area (Å²) in [5.41, 5.74) is 2.70. The number of hydrogen-bond donors (Lipinski definition) is 1. The Bertz CT molecular complexity index is 819. The van der Waals surface area contributed by atoms with E-state index >= 15 is 0 Å². The zero-order valence-corrected chi connectivity index (χ0v) is 18.8. The molecule has 1 amide bonds. The highest BCUT2D eigenvalue weighted by atomic mass is 79.9. The lowest BCUT2D eigenvalue weighted by Crippen LogP contribution is -2.55. The van der Waals surface area contributed by atoms with Crippen molar-refractivity contribution in [1.29, 1.82) is 0 Å². The average molecular weight is 436 g/mol. The average Bonchev–Trinajstić information content (AvgIpc) is 2.80. The zero-order chi connectivity index (χ0) is 19.9. The summed E-state index contributed by atoms with van der Waals surface area (Å²) < 4.78 is 6.20. The monoisotopic (exact) mass is 435 g/mol. The Morgan fingerprint density at radius 3 is 2.50 bits per heavy atom. The molecule has 0 saturated heterocycles. The molecule has 0 aliphatic carbocycles. The van der Waals surface area contributed by atoms with Gasteiger partial charge in [-0.3, -0.25) is 9.59 Å². The second kappa shape index (κ2) is 6.84. The highest BCUT2D eigenvalue weighted by Gasteiger charge is 2.62. The molecule has 1 aliphatic rings. The summed E-state index contributed by atoms with van der Waals surface area (Å²) in [5.74, 6) is -0.953. The van der Waals surface area contributed by atoms with E-state index in [2.05, 4.69) is 67.4 Å². The number of amides is 1. The molecule has 1 aromatic rings. The van der Waals surface area contributed by atoms with Crippen LogP contribution in [0.4, 0.5) is 5.69 Å². The number of fused-ring (bicyclic) bond motifs is 1. The molecule has 0 bridgehead atoms. The van der Waals surface area contributed by atoms with Crippen molar-refractivity contribution in [3.05, 3.63) is 45.7 Å². The minimum atomic E-state index is -2.33. The van der Waals surface area contributed by atoms with Crippen molar-refractivity contribution in [1.82, 2.24) is 0 Å². The Kier molecular flexibility index (Phi) is 5.44. The van der Waals surface area contributed by atoms with Gasteiger partial charge in [0, 0.05) is 15.7 Å². The summed E-state index contributed by atoms with van der Waals surface area (Å²) in [6.07, 6.45) is 0. The molecule has 2 rings (SSSR count). The third-order valence-corrected chi connectivity index (χ3v) is 11.7. The topological polar surface area (TPSA) is 55.4 Å². The normalized spacial score (nSPS) is 19.4. The molecule has 0 spiro atoms. The zero-order valence-electron chi connectivity index (χ0n) is 16.2. The minimum Gasteiger partial charge on any atom is -0.465 e. The maximum absolute atomic E-state index is 13.3. The second-order valence-corrected chi connectivity index (χ2v) is 14.2. The van der Waals surface area contributed by atoms with Crippen molar-refractivity contribution in [3.63, 3.8) is 0 Å². The van der Waals surface area contributed by atoms with Gasteiger partial charge in [-0.05, 0) is 35.4 Å². The van der Waals surface area contributed by atoms with Crippen molar-refractivity contribution in [2.75, 3.05) is 11.9 Å². The molecule has 1 N–H and O–H groups in total. The van der Waals surface area contributed by atoms with E-state index in [9.17, 15) is 9.59 Å². The highest BCUT2D eigenvalue weighted by Crippen LogP contribution is 2.52. The number of anilines is 1. The number of esters is 1. The van der Waals surface area contributed by atoms with E-state index in [-0.39, 0.29) is 17.6 Å². The lowest BCUT2D eigenvalue weighted by atomic mass is 9.81. The molecule has 0 radical (unpaired) electrons. The third-order valence-electron chi connectivity index (χ3n) is 5.61. The first-order chi connectivity index (χ1) is 11.9. The molecular formula is C20H26BrNO3Si. The van der Waals surface area contributed by atoms with Gasteiger partial charge in [-0.15, -0.1) is 5.73 Å². The number of rotatable bonds is 4. The predicted molar refractivity (Wildman–Crippen MR) is 111 cm³/mol. The van der Waals surface area contributed by atoms with Crippen LogP contribution in [0.3, 0.4) is 0 Å². The van der Waals surface area contributed by atoms with Crippen molar-refractivity contribution < 1.29 is 14.3 Å². The summed E-state index contributed by atoms with van der Waals surface area (Å²) in [5, 5.41) is 3.41. The Balaban J connectivity index is 2.90. The van der Waals surface area contributed by atoms with Crippen LogP contribution in [0.25, 0.3) is 0 Å². The Morgan fingerprint density at radius 2 is 2.00 bits per heavy atom.